The molecule has 186 valence electrons. The number of benzene rings is 2. The molecule has 5 rings (SSSR count). The molecule has 0 aliphatic carbocycles. The largest absolute Gasteiger partial charge is 0.445 e. The summed E-state index contributed by atoms with van der Waals surface area (Å²) in [7, 11) is 0. The minimum atomic E-state index is -0.758. The summed E-state index contributed by atoms with van der Waals surface area (Å²) in [5.74, 6) is 0.674. The minimum absolute atomic E-state index is 0.169. The van der Waals surface area contributed by atoms with Gasteiger partial charge in [-0.05, 0) is 24.5 Å². The Hall–Kier alpha value is -3.40. The van der Waals surface area contributed by atoms with E-state index in [9.17, 15) is 9.90 Å². The molecule has 2 aromatic heterocycles. The maximum Gasteiger partial charge on any atom is 0.407 e. The molecule has 0 bridgehead atoms. The fourth-order valence-electron chi connectivity index (χ4n) is 4.28. The predicted molar refractivity (Wildman–Crippen MR) is 138 cm³/mol. The van der Waals surface area contributed by atoms with Crippen molar-refractivity contribution in [1.29, 1.82) is 0 Å². The topological polar surface area (TPSA) is 116 Å². The van der Waals surface area contributed by atoms with Gasteiger partial charge in [-0.2, -0.15) is 5.10 Å². The van der Waals surface area contributed by atoms with Gasteiger partial charge in [-0.25, -0.2) is 14.8 Å². The molecule has 1 saturated heterocycles. The summed E-state index contributed by atoms with van der Waals surface area (Å²) in [5.41, 5.74) is 2.51. The van der Waals surface area contributed by atoms with Crippen molar-refractivity contribution in [2.24, 2.45) is 0 Å². The third kappa shape index (κ3) is 4.95. The van der Waals surface area contributed by atoms with Gasteiger partial charge in [0.15, 0.2) is 5.65 Å². The van der Waals surface area contributed by atoms with Crippen molar-refractivity contribution in [3.63, 3.8) is 0 Å². The Bertz CT molecular complexity index is 1370. The van der Waals surface area contributed by atoms with Crippen LogP contribution in [-0.2, 0) is 11.3 Å². The molecule has 0 saturated carbocycles. The summed E-state index contributed by atoms with van der Waals surface area (Å²) < 4.78 is 5.35. The lowest BCUT2D eigenvalue weighted by Gasteiger charge is -2.41. The number of piperidine rings is 1. The number of aliphatic hydroxyl groups is 1. The number of anilines is 1. The number of amides is 1. The summed E-state index contributed by atoms with van der Waals surface area (Å²) in [6.45, 7) is 1.13. The number of halogens is 2. The van der Waals surface area contributed by atoms with Gasteiger partial charge in [-0.1, -0.05) is 65.7 Å². The molecule has 9 nitrogen and oxygen atoms in total. The quantitative estimate of drug-likeness (QED) is 0.336. The second kappa shape index (κ2) is 10.3. The monoisotopic (exact) mass is 526 g/mol. The van der Waals surface area contributed by atoms with E-state index in [4.69, 9.17) is 27.9 Å². The Morgan fingerprint density at radius 3 is 2.67 bits per heavy atom. The standard InChI is InChI=1S/C25H24Cl2N6O3/c26-18-8-4-7-17(20(18)27)21-22-23(32-31-21)29-19(13-28-22)33-11-9-25(15-34,10-12-33)30-24(35)36-14-16-5-2-1-3-6-16/h1-8,13,34H,9-12,14-15H2,(H,30,35)(H,29,31,32). The molecule has 2 aromatic carbocycles. The summed E-state index contributed by atoms with van der Waals surface area (Å²) >= 11 is 12.5. The first-order chi connectivity index (χ1) is 17.5. The third-order valence-electron chi connectivity index (χ3n) is 6.39. The van der Waals surface area contributed by atoms with Crippen LogP contribution in [0, 0.1) is 0 Å². The highest BCUT2D eigenvalue weighted by molar-refractivity contribution is 6.43. The summed E-state index contributed by atoms with van der Waals surface area (Å²) in [4.78, 5) is 23.7. The van der Waals surface area contributed by atoms with Gasteiger partial charge in [0.25, 0.3) is 0 Å². The maximum atomic E-state index is 12.4. The minimum Gasteiger partial charge on any atom is -0.445 e. The predicted octanol–water partition coefficient (Wildman–Crippen LogP) is 4.58. The smallest absolute Gasteiger partial charge is 0.407 e. The number of carbonyl (C=O) groups excluding carboxylic acids is 1. The van der Waals surface area contributed by atoms with Crippen LogP contribution in [0.15, 0.2) is 54.7 Å². The molecular formula is C25H24Cl2N6O3. The average Bonchev–Trinajstić information content (AvgIpc) is 3.33. The Morgan fingerprint density at radius 2 is 1.92 bits per heavy atom. The van der Waals surface area contributed by atoms with E-state index in [1.165, 1.54) is 0 Å². The SMILES string of the molecule is O=C(NC1(CO)CCN(c2cnc3c(-c4cccc(Cl)c4Cl)n[nH]c3n2)CC1)OCc1ccccc1. The van der Waals surface area contributed by atoms with Crippen LogP contribution in [0.2, 0.25) is 10.0 Å². The first kappa shape index (κ1) is 24.3. The van der Waals surface area contributed by atoms with Crippen molar-refractivity contribution >= 4 is 46.3 Å². The molecule has 1 amide bonds. The highest BCUT2D eigenvalue weighted by atomic mass is 35.5. The van der Waals surface area contributed by atoms with Gasteiger partial charge in [-0.15, -0.1) is 0 Å². The Kier molecular flexibility index (Phi) is 6.95. The third-order valence-corrected chi connectivity index (χ3v) is 7.21. The molecule has 0 spiro atoms. The number of aliphatic hydroxyl groups excluding tert-OH is 1. The molecule has 0 radical (unpaired) electrons. The number of aromatic nitrogens is 4. The maximum absolute atomic E-state index is 12.4. The molecule has 1 fully saturated rings. The van der Waals surface area contributed by atoms with Gasteiger partial charge >= 0.3 is 6.09 Å². The van der Waals surface area contributed by atoms with Gasteiger partial charge in [0.2, 0.25) is 0 Å². The molecule has 4 aromatic rings. The van der Waals surface area contributed by atoms with Crippen molar-refractivity contribution in [2.75, 3.05) is 24.6 Å². The molecule has 11 heteroatoms. The van der Waals surface area contributed by atoms with Crippen LogP contribution in [-0.4, -0.2) is 56.6 Å². The van der Waals surface area contributed by atoms with Crippen molar-refractivity contribution in [2.45, 2.75) is 25.0 Å². The zero-order valence-electron chi connectivity index (χ0n) is 19.2. The number of rotatable bonds is 6. The van der Waals surface area contributed by atoms with E-state index >= 15 is 0 Å². The zero-order chi connectivity index (χ0) is 25.1. The van der Waals surface area contributed by atoms with E-state index in [-0.39, 0.29) is 13.2 Å². The van der Waals surface area contributed by atoms with Gasteiger partial charge in [0, 0.05) is 18.7 Å². The van der Waals surface area contributed by atoms with Gasteiger partial charge < -0.3 is 20.1 Å². The van der Waals surface area contributed by atoms with Crippen LogP contribution < -0.4 is 10.2 Å². The number of aromatic amines is 1. The molecule has 3 N–H and O–H groups in total. The van der Waals surface area contributed by atoms with Crippen molar-refractivity contribution in [1.82, 2.24) is 25.5 Å². The van der Waals surface area contributed by atoms with E-state index in [2.05, 4.69) is 30.4 Å². The van der Waals surface area contributed by atoms with Gasteiger partial charge in [0.1, 0.15) is 23.6 Å². The van der Waals surface area contributed by atoms with E-state index < -0.39 is 11.6 Å². The number of H-pyrrole nitrogens is 1. The van der Waals surface area contributed by atoms with Crippen LogP contribution in [0.25, 0.3) is 22.4 Å². The summed E-state index contributed by atoms with van der Waals surface area (Å²) in [5, 5.41) is 21.1. The van der Waals surface area contributed by atoms with Gasteiger partial charge in [-0.3, -0.25) is 5.10 Å². The molecule has 1 aliphatic rings. The highest BCUT2D eigenvalue weighted by Crippen LogP contribution is 2.35. The van der Waals surface area contributed by atoms with Crippen LogP contribution in [0.4, 0.5) is 10.6 Å². The number of alkyl carbamates (subject to hydrolysis) is 1. The highest BCUT2D eigenvalue weighted by Gasteiger charge is 2.36. The molecule has 3 heterocycles. The average molecular weight is 527 g/mol. The number of nitrogens with zero attached hydrogens (tertiary/aromatic N) is 4. The number of hydrogen-bond acceptors (Lipinski definition) is 7. The first-order valence-electron chi connectivity index (χ1n) is 11.5. The van der Waals surface area contributed by atoms with Crippen molar-refractivity contribution < 1.29 is 14.6 Å². The zero-order valence-corrected chi connectivity index (χ0v) is 20.8. The second-order valence-electron chi connectivity index (χ2n) is 8.71. The molecule has 1 aliphatic heterocycles. The van der Waals surface area contributed by atoms with Crippen LogP contribution in [0.3, 0.4) is 0 Å². The molecule has 36 heavy (non-hydrogen) atoms. The van der Waals surface area contributed by atoms with Crippen molar-refractivity contribution in [3.05, 3.63) is 70.3 Å². The first-order valence-corrected chi connectivity index (χ1v) is 12.2. The van der Waals surface area contributed by atoms with Crippen molar-refractivity contribution in [3.8, 4) is 11.3 Å². The Balaban J connectivity index is 1.25. The van der Waals surface area contributed by atoms with Crippen LogP contribution >= 0.6 is 23.2 Å². The van der Waals surface area contributed by atoms with E-state index in [0.29, 0.717) is 64.2 Å². The normalized spacial score (nSPS) is 15.1. The molecular weight excluding hydrogens is 503 g/mol. The number of carbonyl (C=O) groups is 1. The molecule has 0 unspecified atom stereocenters. The lowest BCUT2D eigenvalue weighted by Crippen LogP contribution is -2.57. The Labute approximate surface area is 217 Å². The lowest BCUT2D eigenvalue weighted by atomic mass is 9.88. The molecule has 0 atom stereocenters. The number of hydrogen-bond donors (Lipinski definition) is 3. The van der Waals surface area contributed by atoms with Gasteiger partial charge in [0.05, 0.1) is 28.4 Å². The van der Waals surface area contributed by atoms with E-state index in [0.717, 1.165) is 5.56 Å². The fourth-order valence-corrected chi connectivity index (χ4v) is 4.67. The number of nitrogens with one attached hydrogen (secondary N) is 2. The van der Waals surface area contributed by atoms with Crippen LogP contribution in [0.1, 0.15) is 18.4 Å². The number of ether oxygens (including phenoxy) is 1. The summed E-state index contributed by atoms with van der Waals surface area (Å²) in [6, 6.07) is 14.8. The number of fused-ring (bicyclic) bond motifs is 1. The van der Waals surface area contributed by atoms with E-state index in [1.54, 1.807) is 18.3 Å². The Morgan fingerprint density at radius 1 is 1.14 bits per heavy atom. The fraction of sp³-hybridized carbons (Fsp3) is 0.280. The summed E-state index contributed by atoms with van der Waals surface area (Å²) in [6.07, 6.45) is 2.19. The second-order valence-corrected chi connectivity index (χ2v) is 9.50. The lowest BCUT2D eigenvalue weighted by molar-refractivity contribution is 0.0952. The van der Waals surface area contributed by atoms with E-state index in [1.807, 2.05) is 36.4 Å². The van der Waals surface area contributed by atoms with Crippen LogP contribution in [0.5, 0.6) is 0 Å².